The van der Waals surface area contributed by atoms with E-state index >= 15 is 0 Å². The molecule has 1 aromatic rings. The van der Waals surface area contributed by atoms with Gasteiger partial charge in [-0.15, -0.1) is 0 Å². The molecule has 0 aliphatic rings. The first-order valence-electron chi connectivity index (χ1n) is 3.38. The Kier molecular flexibility index (Phi) is 3.76. The molecule has 0 fully saturated rings. The van der Waals surface area contributed by atoms with Crippen LogP contribution in [0, 0.1) is 0 Å². The molecule has 0 saturated carbocycles. The van der Waals surface area contributed by atoms with Crippen LogP contribution in [0.3, 0.4) is 0 Å². The summed E-state index contributed by atoms with van der Waals surface area (Å²) in [5.41, 5.74) is -0.0951. The van der Waals surface area contributed by atoms with Crippen molar-refractivity contribution in [3.8, 4) is 0 Å². The molecule has 1 aromatic heterocycles. The van der Waals surface area contributed by atoms with E-state index in [1.165, 1.54) is 0 Å². The molecule has 0 aliphatic heterocycles. The van der Waals surface area contributed by atoms with Crippen LogP contribution in [0.25, 0.3) is 0 Å². The van der Waals surface area contributed by atoms with Crippen LogP contribution in [0.1, 0.15) is 32.4 Å². The van der Waals surface area contributed by atoms with Crippen molar-refractivity contribution in [3.05, 3.63) is 17.8 Å². The normalized spacial score (nSPS) is 10.6. The zero-order valence-electron chi connectivity index (χ0n) is 7.84. The van der Waals surface area contributed by atoms with Gasteiger partial charge in [0, 0.05) is 5.41 Å². The zero-order valence-corrected chi connectivity index (χ0v) is 7.84. The second-order valence-corrected chi connectivity index (χ2v) is 3.38. The molecule has 60 valence electrons. The van der Waals surface area contributed by atoms with Crippen LogP contribution in [-0.2, 0) is 10.2 Å². The molecule has 1 rings (SSSR count). The Morgan fingerprint density at radius 2 is 2.08 bits per heavy atom. The van der Waals surface area contributed by atoms with Gasteiger partial charge in [0.05, 0.1) is 12.1 Å². The van der Waals surface area contributed by atoms with Crippen molar-refractivity contribution in [1.29, 1.82) is 0 Å². The van der Waals surface area contributed by atoms with E-state index in [9.17, 15) is 4.79 Å². The standard InChI is InChI=1S/C8H10NO2.Li/c1-8(2,3)6-4-9-7(5-10)11-6;/h4H,1-3H3;/q-1;+1. The minimum absolute atomic E-state index is 0. The summed E-state index contributed by atoms with van der Waals surface area (Å²) in [6.07, 6.45) is 3.15. The molecule has 0 N–H and O–H groups in total. The largest absolute Gasteiger partial charge is 1.00 e. The SMILES string of the molecule is CC(C)(C)c1cnc([C-]=O)o1.[Li+]. The summed E-state index contributed by atoms with van der Waals surface area (Å²) in [6, 6.07) is 0. The molecule has 0 bridgehead atoms. The number of carbonyl (C=O) groups excluding carboxylic acids is 1. The molecule has 0 aromatic carbocycles. The molecule has 4 heteroatoms. The van der Waals surface area contributed by atoms with Gasteiger partial charge in [-0.1, -0.05) is 20.8 Å². The van der Waals surface area contributed by atoms with Gasteiger partial charge >= 0.3 is 18.9 Å². The van der Waals surface area contributed by atoms with E-state index in [-0.39, 0.29) is 30.2 Å². The second-order valence-electron chi connectivity index (χ2n) is 3.38. The van der Waals surface area contributed by atoms with Gasteiger partial charge < -0.3 is 9.21 Å². The average Bonchev–Trinajstić information content (AvgIpc) is 2.32. The molecule has 0 unspecified atom stereocenters. The first kappa shape index (κ1) is 11.5. The third-order valence-corrected chi connectivity index (χ3v) is 1.33. The third-order valence-electron chi connectivity index (χ3n) is 1.33. The summed E-state index contributed by atoms with van der Waals surface area (Å²) in [7, 11) is 0. The Morgan fingerprint density at radius 1 is 1.50 bits per heavy atom. The summed E-state index contributed by atoms with van der Waals surface area (Å²) in [5, 5.41) is 0. The van der Waals surface area contributed by atoms with E-state index in [0.29, 0.717) is 5.76 Å². The molecule has 3 nitrogen and oxygen atoms in total. The Morgan fingerprint density at radius 3 is 2.33 bits per heavy atom. The third kappa shape index (κ3) is 2.51. The molecule has 12 heavy (non-hydrogen) atoms. The maximum Gasteiger partial charge on any atom is 1.00 e. The summed E-state index contributed by atoms with van der Waals surface area (Å²) in [4.78, 5) is 13.8. The topological polar surface area (TPSA) is 43.1 Å². The minimum atomic E-state index is -0.0951. The van der Waals surface area contributed by atoms with Crippen molar-refractivity contribution in [2.45, 2.75) is 26.2 Å². The molecule has 0 radical (unpaired) electrons. The van der Waals surface area contributed by atoms with E-state index in [1.807, 2.05) is 20.8 Å². The summed E-state index contributed by atoms with van der Waals surface area (Å²) < 4.78 is 5.06. The van der Waals surface area contributed by atoms with Crippen LogP contribution in [0.2, 0.25) is 0 Å². The van der Waals surface area contributed by atoms with Gasteiger partial charge in [0.15, 0.2) is 0 Å². The van der Waals surface area contributed by atoms with E-state index in [4.69, 9.17) is 4.42 Å². The van der Waals surface area contributed by atoms with Crippen molar-refractivity contribution >= 4 is 6.29 Å². The summed E-state index contributed by atoms with van der Waals surface area (Å²) in [6.45, 7) is 5.96. The number of hydrogen-bond acceptors (Lipinski definition) is 3. The second kappa shape index (κ2) is 3.93. The predicted octanol–water partition coefficient (Wildman–Crippen LogP) is -1.57. The van der Waals surface area contributed by atoms with E-state index in [0.717, 1.165) is 0 Å². The van der Waals surface area contributed by atoms with Crippen molar-refractivity contribution in [1.82, 2.24) is 4.98 Å². The monoisotopic (exact) mass is 159 g/mol. The van der Waals surface area contributed by atoms with Crippen LogP contribution in [0.5, 0.6) is 0 Å². The summed E-state index contributed by atoms with van der Waals surface area (Å²) in [5.74, 6) is 0.728. The van der Waals surface area contributed by atoms with Gasteiger partial charge in [0.1, 0.15) is 5.76 Å². The van der Waals surface area contributed by atoms with Crippen molar-refractivity contribution in [2.75, 3.05) is 0 Å². The smallest absolute Gasteiger partial charge is 0.532 e. The van der Waals surface area contributed by atoms with Crippen LogP contribution in [0.4, 0.5) is 0 Å². The van der Waals surface area contributed by atoms with Crippen LogP contribution in [0.15, 0.2) is 10.6 Å². The van der Waals surface area contributed by atoms with Crippen LogP contribution < -0.4 is 18.9 Å². The number of aromatic nitrogens is 1. The first-order valence-corrected chi connectivity index (χ1v) is 3.38. The van der Waals surface area contributed by atoms with Gasteiger partial charge in [0.2, 0.25) is 0 Å². The molecule has 0 amide bonds. The quantitative estimate of drug-likeness (QED) is 0.367. The molecule has 0 spiro atoms. The molecule has 0 atom stereocenters. The average molecular weight is 159 g/mol. The molecular weight excluding hydrogens is 149 g/mol. The number of oxazole rings is 1. The summed E-state index contributed by atoms with van der Waals surface area (Å²) >= 11 is 0. The minimum Gasteiger partial charge on any atom is -0.532 e. The van der Waals surface area contributed by atoms with E-state index in [1.54, 1.807) is 12.5 Å². The number of rotatable bonds is 1. The van der Waals surface area contributed by atoms with Gasteiger partial charge in [-0.25, -0.2) is 0 Å². The fourth-order valence-electron chi connectivity index (χ4n) is 0.668. The maximum atomic E-state index is 10.1. The Bertz CT molecular complexity index is 262. The van der Waals surface area contributed by atoms with E-state index in [2.05, 4.69) is 4.98 Å². The number of hydrogen-bond donors (Lipinski definition) is 0. The van der Waals surface area contributed by atoms with Crippen molar-refractivity contribution in [3.63, 3.8) is 0 Å². The van der Waals surface area contributed by atoms with Crippen LogP contribution in [-0.4, -0.2) is 11.3 Å². The van der Waals surface area contributed by atoms with E-state index < -0.39 is 0 Å². The van der Waals surface area contributed by atoms with Crippen molar-refractivity contribution in [2.24, 2.45) is 0 Å². The Hall–Kier alpha value is -0.523. The Balaban J connectivity index is 0.00000121. The zero-order chi connectivity index (χ0) is 8.48. The molecule has 1 heterocycles. The Labute approximate surface area is 83.7 Å². The van der Waals surface area contributed by atoms with Gasteiger partial charge in [0.25, 0.3) is 0 Å². The van der Waals surface area contributed by atoms with Crippen LogP contribution >= 0.6 is 0 Å². The fourth-order valence-corrected chi connectivity index (χ4v) is 0.668. The van der Waals surface area contributed by atoms with Gasteiger partial charge in [-0.2, -0.15) is 6.29 Å². The number of nitrogens with zero attached hydrogens (tertiary/aromatic N) is 1. The molecule has 0 aliphatic carbocycles. The molecule has 0 saturated heterocycles. The van der Waals surface area contributed by atoms with Gasteiger partial charge in [-0.05, 0) is 0 Å². The first-order chi connectivity index (χ1) is 5.04. The molecular formula is C8H10LiNO2. The van der Waals surface area contributed by atoms with Gasteiger partial charge in [-0.3, -0.25) is 4.98 Å². The fraction of sp³-hybridized carbons (Fsp3) is 0.500. The predicted molar refractivity (Wildman–Crippen MR) is 40.0 cm³/mol. The maximum absolute atomic E-state index is 10.1. The van der Waals surface area contributed by atoms with Crippen molar-refractivity contribution < 1.29 is 28.1 Å².